The molecule has 2 rings (SSSR count). The molecule has 17 heavy (non-hydrogen) atoms. The van der Waals surface area contributed by atoms with Gasteiger partial charge in [-0.3, -0.25) is 0 Å². The summed E-state index contributed by atoms with van der Waals surface area (Å²) in [6.45, 7) is 0.457. The second-order valence-corrected chi connectivity index (χ2v) is 4.81. The molecule has 0 aliphatic rings. The Hall–Kier alpha value is -1.75. The number of nitrogens with two attached hydrogens (primary N) is 1. The SMILES string of the molecule is CN(C)c1ccc(N)c(OCc2nccs2)c1. The molecule has 2 aromatic rings. The normalized spacial score (nSPS) is 10.2. The molecule has 5 heteroatoms. The quantitative estimate of drug-likeness (QED) is 0.845. The minimum atomic E-state index is 0.457. The minimum absolute atomic E-state index is 0.457. The maximum absolute atomic E-state index is 5.87. The highest BCUT2D eigenvalue weighted by Crippen LogP contribution is 2.27. The van der Waals surface area contributed by atoms with Gasteiger partial charge in [-0.25, -0.2) is 4.98 Å². The molecule has 1 aromatic heterocycles. The number of thiazole rings is 1. The van der Waals surface area contributed by atoms with Gasteiger partial charge in [0.25, 0.3) is 0 Å². The van der Waals surface area contributed by atoms with E-state index in [0.29, 0.717) is 18.0 Å². The van der Waals surface area contributed by atoms with Gasteiger partial charge in [0.2, 0.25) is 0 Å². The highest BCUT2D eigenvalue weighted by Gasteiger charge is 2.05. The van der Waals surface area contributed by atoms with E-state index in [-0.39, 0.29) is 0 Å². The maximum Gasteiger partial charge on any atom is 0.144 e. The molecular weight excluding hydrogens is 234 g/mol. The van der Waals surface area contributed by atoms with Crippen LogP contribution in [0.3, 0.4) is 0 Å². The van der Waals surface area contributed by atoms with Gasteiger partial charge in [0, 0.05) is 37.4 Å². The van der Waals surface area contributed by atoms with Crippen LogP contribution in [0.4, 0.5) is 11.4 Å². The molecule has 90 valence electrons. The van der Waals surface area contributed by atoms with Crippen molar-refractivity contribution < 1.29 is 4.74 Å². The summed E-state index contributed by atoms with van der Waals surface area (Å²) >= 11 is 1.57. The molecule has 0 aliphatic heterocycles. The second-order valence-electron chi connectivity index (χ2n) is 3.83. The lowest BCUT2D eigenvalue weighted by Gasteiger charge is -2.15. The predicted octanol–water partition coefficient (Wildman–Crippen LogP) is 2.37. The fraction of sp³-hybridized carbons (Fsp3) is 0.250. The van der Waals surface area contributed by atoms with Gasteiger partial charge in [0.15, 0.2) is 0 Å². The van der Waals surface area contributed by atoms with Gasteiger partial charge in [0.1, 0.15) is 17.4 Å². The molecule has 0 atom stereocenters. The van der Waals surface area contributed by atoms with Crippen molar-refractivity contribution in [2.24, 2.45) is 0 Å². The molecule has 2 N–H and O–H groups in total. The molecular formula is C12H15N3OS. The summed E-state index contributed by atoms with van der Waals surface area (Å²) < 4.78 is 5.67. The van der Waals surface area contributed by atoms with Crippen molar-refractivity contribution in [3.63, 3.8) is 0 Å². The lowest BCUT2D eigenvalue weighted by Crippen LogP contribution is -2.09. The van der Waals surface area contributed by atoms with E-state index in [1.807, 2.05) is 42.6 Å². The third-order valence-corrected chi connectivity index (χ3v) is 3.10. The summed E-state index contributed by atoms with van der Waals surface area (Å²) in [5.74, 6) is 0.700. The molecule has 4 nitrogen and oxygen atoms in total. The molecule has 1 aromatic carbocycles. The van der Waals surface area contributed by atoms with Crippen LogP contribution in [0, 0.1) is 0 Å². The van der Waals surface area contributed by atoms with Crippen LogP contribution in [-0.2, 0) is 6.61 Å². The second kappa shape index (κ2) is 5.05. The Labute approximate surface area is 105 Å². The van der Waals surface area contributed by atoms with Gasteiger partial charge in [-0.1, -0.05) is 0 Å². The van der Waals surface area contributed by atoms with Crippen LogP contribution < -0.4 is 15.4 Å². The lowest BCUT2D eigenvalue weighted by molar-refractivity contribution is 0.307. The van der Waals surface area contributed by atoms with Gasteiger partial charge >= 0.3 is 0 Å². The molecule has 0 amide bonds. The van der Waals surface area contributed by atoms with Gasteiger partial charge in [-0.05, 0) is 12.1 Å². The smallest absolute Gasteiger partial charge is 0.144 e. The Morgan fingerprint density at radius 1 is 1.41 bits per heavy atom. The van der Waals surface area contributed by atoms with Crippen LogP contribution in [-0.4, -0.2) is 19.1 Å². The number of anilines is 2. The molecule has 0 radical (unpaired) electrons. The Balaban J connectivity index is 2.11. The molecule has 0 aliphatic carbocycles. The molecule has 0 spiro atoms. The van der Waals surface area contributed by atoms with E-state index in [0.717, 1.165) is 10.7 Å². The fourth-order valence-corrected chi connectivity index (χ4v) is 1.92. The van der Waals surface area contributed by atoms with Crippen LogP contribution in [0.2, 0.25) is 0 Å². The Morgan fingerprint density at radius 2 is 2.24 bits per heavy atom. The lowest BCUT2D eigenvalue weighted by atomic mass is 10.2. The van der Waals surface area contributed by atoms with Crippen molar-refractivity contribution in [3.8, 4) is 5.75 Å². The van der Waals surface area contributed by atoms with Gasteiger partial charge in [-0.15, -0.1) is 11.3 Å². The van der Waals surface area contributed by atoms with E-state index in [1.165, 1.54) is 0 Å². The summed E-state index contributed by atoms with van der Waals surface area (Å²) in [5.41, 5.74) is 7.58. The number of rotatable bonds is 4. The highest BCUT2D eigenvalue weighted by molar-refractivity contribution is 7.09. The van der Waals surface area contributed by atoms with E-state index >= 15 is 0 Å². The number of aromatic nitrogens is 1. The van der Waals surface area contributed by atoms with Crippen molar-refractivity contribution >= 4 is 22.7 Å². The number of hydrogen-bond donors (Lipinski definition) is 1. The van der Waals surface area contributed by atoms with Crippen molar-refractivity contribution in [1.82, 2.24) is 4.98 Å². The van der Waals surface area contributed by atoms with E-state index in [2.05, 4.69) is 4.98 Å². The van der Waals surface area contributed by atoms with E-state index in [9.17, 15) is 0 Å². The first-order valence-electron chi connectivity index (χ1n) is 5.25. The first-order valence-corrected chi connectivity index (χ1v) is 6.13. The molecule has 0 unspecified atom stereocenters. The molecule has 1 heterocycles. The highest BCUT2D eigenvalue weighted by atomic mass is 32.1. The van der Waals surface area contributed by atoms with Gasteiger partial charge in [-0.2, -0.15) is 0 Å². The van der Waals surface area contributed by atoms with Crippen LogP contribution in [0.25, 0.3) is 0 Å². The zero-order valence-electron chi connectivity index (χ0n) is 9.88. The number of nitrogen functional groups attached to an aromatic ring is 1. The fourth-order valence-electron chi connectivity index (χ4n) is 1.39. The molecule has 0 saturated heterocycles. The minimum Gasteiger partial charge on any atom is -0.484 e. The molecule has 0 fully saturated rings. The summed E-state index contributed by atoms with van der Waals surface area (Å²) in [5, 5.41) is 2.87. The van der Waals surface area contributed by atoms with Crippen molar-refractivity contribution in [2.75, 3.05) is 24.7 Å². The third-order valence-electron chi connectivity index (χ3n) is 2.35. The first kappa shape index (κ1) is 11.7. The zero-order chi connectivity index (χ0) is 12.3. The predicted molar refractivity (Wildman–Crippen MR) is 71.6 cm³/mol. The van der Waals surface area contributed by atoms with Crippen LogP contribution >= 0.6 is 11.3 Å². The molecule has 0 saturated carbocycles. The Kier molecular flexibility index (Phi) is 3.49. The number of ether oxygens (including phenoxy) is 1. The topological polar surface area (TPSA) is 51.4 Å². The van der Waals surface area contributed by atoms with Crippen LogP contribution in [0.5, 0.6) is 5.75 Å². The van der Waals surface area contributed by atoms with Crippen molar-refractivity contribution in [2.45, 2.75) is 6.61 Å². The van der Waals surface area contributed by atoms with Crippen molar-refractivity contribution in [3.05, 3.63) is 34.8 Å². The Morgan fingerprint density at radius 3 is 2.88 bits per heavy atom. The third kappa shape index (κ3) is 2.88. The summed E-state index contributed by atoms with van der Waals surface area (Å²) in [7, 11) is 3.96. The van der Waals surface area contributed by atoms with E-state index < -0.39 is 0 Å². The van der Waals surface area contributed by atoms with E-state index in [1.54, 1.807) is 17.5 Å². The van der Waals surface area contributed by atoms with Crippen LogP contribution in [0.15, 0.2) is 29.8 Å². The molecule has 0 bridgehead atoms. The largest absolute Gasteiger partial charge is 0.484 e. The standard InChI is InChI=1S/C12H15N3OS/c1-15(2)9-3-4-10(13)11(7-9)16-8-12-14-5-6-17-12/h3-7H,8,13H2,1-2H3. The van der Waals surface area contributed by atoms with E-state index in [4.69, 9.17) is 10.5 Å². The average molecular weight is 249 g/mol. The van der Waals surface area contributed by atoms with Gasteiger partial charge < -0.3 is 15.4 Å². The summed E-state index contributed by atoms with van der Waals surface area (Å²) in [6.07, 6.45) is 1.77. The summed E-state index contributed by atoms with van der Waals surface area (Å²) in [6, 6.07) is 5.75. The average Bonchev–Trinajstić information content (AvgIpc) is 2.80. The first-order chi connectivity index (χ1) is 8.16. The van der Waals surface area contributed by atoms with Gasteiger partial charge in [0.05, 0.1) is 5.69 Å². The Bertz CT molecular complexity index is 483. The zero-order valence-corrected chi connectivity index (χ0v) is 10.7. The maximum atomic E-state index is 5.87. The van der Waals surface area contributed by atoms with Crippen LogP contribution in [0.1, 0.15) is 5.01 Å². The van der Waals surface area contributed by atoms with Crippen molar-refractivity contribution in [1.29, 1.82) is 0 Å². The monoisotopic (exact) mass is 249 g/mol. The summed E-state index contributed by atoms with van der Waals surface area (Å²) in [4.78, 5) is 6.17. The number of nitrogens with zero attached hydrogens (tertiary/aromatic N) is 2. The number of benzene rings is 1. The number of hydrogen-bond acceptors (Lipinski definition) is 5.